The highest BCUT2D eigenvalue weighted by molar-refractivity contribution is 5.85. The van der Waals surface area contributed by atoms with Crippen LogP contribution >= 0.6 is 0 Å². The van der Waals surface area contributed by atoms with E-state index in [1.165, 1.54) is 32.1 Å². The monoisotopic (exact) mass is 456 g/mol. The van der Waals surface area contributed by atoms with E-state index in [2.05, 4.69) is 47.6 Å². The fourth-order valence-corrected chi connectivity index (χ4v) is 9.52. The predicted octanol–water partition coefficient (Wildman–Crippen LogP) is 7.40. The van der Waals surface area contributed by atoms with Crippen molar-refractivity contribution in [1.29, 1.82) is 0 Å². The van der Waals surface area contributed by atoms with Gasteiger partial charge in [-0.05, 0) is 110 Å². The third-order valence-electron chi connectivity index (χ3n) is 12.0. The van der Waals surface area contributed by atoms with E-state index in [0.29, 0.717) is 40.1 Å². The summed E-state index contributed by atoms with van der Waals surface area (Å²) in [5.74, 6) is 1.77. The van der Waals surface area contributed by atoms with Gasteiger partial charge in [-0.3, -0.25) is 0 Å². The average molecular weight is 457 g/mol. The minimum Gasteiger partial charge on any atom is -0.478 e. The number of rotatable bonds is 5. The molecule has 4 aliphatic carbocycles. The maximum Gasteiger partial charge on any atom is 0.330 e. The zero-order valence-electron chi connectivity index (χ0n) is 22.2. The molecule has 0 heterocycles. The lowest BCUT2D eigenvalue weighted by Crippen LogP contribution is -2.57. The van der Waals surface area contributed by atoms with E-state index in [9.17, 15) is 9.90 Å². The van der Waals surface area contributed by atoms with Crippen molar-refractivity contribution in [3.05, 3.63) is 23.3 Å². The highest BCUT2D eigenvalue weighted by atomic mass is 16.4. The van der Waals surface area contributed by atoms with Gasteiger partial charge in [0.2, 0.25) is 0 Å². The standard InChI is InChI=1S/C30H48O3/c1-19(9-8-10-20(2)26(32)33)21-13-17-30(7)23-11-12-24-27(3,4)25(31)15-16-28(24,5)22(23)14-18-29(21,30)6/h10,14,19,21,23-25,31H,8-9,11-13,15-18H2,1-7H3,(H,32,33)/b20-10+/t19-,21-,23+,24-,25+,28-,29-,30+/m1/s1. The van der Waals surface area contributed by atoms with Crippen molar-refractivity contribution in [2.24, 2.45) is 45.3 Å². The van der Waals surface area contributed by atoms with Crippen molar-refractivity contribution in [2.75, 3.05) is 0 Å². The number of hydrogen-bond acceptors (Lipinski definition) is 2. The molecule has 0 radical (unpaired) electrons. The number of hydrogen-bond donors (Lipinski definition) is 2. The molecule has 0 unspecified atom stereocenters. The van der Waals surface area contributed by atoms with Gasteiger partial charge >= 0.3 is 5.97 Å². The summed E-state index contributed by atoms with van der Waals surface area (Å²) in [6, 6.07) is 0. The molecule has 0 aromatic heterocycles. The molecule has 186 valence electrons. The zero-order valence-corrected chi connectivity index (χ0v) is 22.2. The maximum atomic E-state index is 11.1. The normalized spacial score (nSPS) is 45.5. The lowest BCUT2D eigenvalue weighted by molar-refractivity contribution is -0.132. The summed E-state index contributed by atoms with van der Waals surface area (Å²) < 4.78 is 0. The second-order valence-electron chi connectivity index (χ2n) is 13.6. The highest BCUT2D eigenvalue weighted by Gasteiger charge is 2.65. The van der Waals surface area contributed by atoms with Gasteiger partial charge in [0.1, 0.15) is 0 Å². The van der Waals surface area contributed by atoms with Gasteiger partial charge in [-0.2, -0.15) is 0 Å². The van der Waals surface area contributed by atoms with Crippen molar-refractivity contribution in [1.82, 2.24) is 0 Å². The number of allylic oxidation sites excluding steroid dienone is 3. The second-order valence-corrected chi connectivity index (χ2v) is 13.6. The molecule has 0 aromatic carbocycles. The molecule has 4 aliphatic rings. The van der Waals surface area contributed by atoms with Crippen molar-refractivity contribution in [3.63, 3.8) is 0 Å². The molecule has 33 heavy (non-hydrogen) atoms. The van der Waals surface area contributed by atoms with Crippen LogP contribution in [0.25, 0.3) is 0 Å². The summed E-state index contributed by atoms with van der Waals surface area (Å²) in [6.45, 7) is 16.5. The summed E-state index contributed by atoms with van der Waals surface area (Å²) in [6.07, 6.45) is 14.7. The Morgan fingerprint density at radius 2 is 1.79 bits per heavy atom. The SMILES string of the molecule is C/C(=C\CC[C@@H](C)[C@H]1CC[C@@]2(C)[C@H]3CC[C@@H]4C(C)(C)[C@@H](O)CC[C@]4(C)C3=CC[C@]12C)C(=O)O. The minimum absolute atomic E-state index is 0.00517. The van der Waals surface area contributed by atoms with Gasteiger partial charge in [-0.25, -0.2) is 4.79 Å². The van der Waals surface area contributed by atoms with E-state index >= 15 is 0 Å². The van der Waals surface area contributed by atoms with E-state index in [-0.39, 0.29) is 16.9 Å². The molecule has 3 heteroatoms. The Morgan fingerprint density at radius 3 is 2.45 bits per heavy atom. The van der Waals surface area contributed by atoms with Crippen LogP contribution in [-0.4, -0.2) is 22.3 Å². The van der Waals surface area contributed by atoms with Gasteiger partial charge in [0.05, 0.1) is 6.10 Å². The topological polar surface area (TPSA) is 57.5 Å². The van der Waals surface area contributed by atoms with Crippen LogP contribution in [0.5, 0.6) is 0 Å². The predicted molar refractivity (Wildman–Crippen MR) is 135 cm³/mol. The second kappa shape index (κ2) is 8.25. The number of carboxylic acid groups (broad SMARTS) is 1. The highest BCUT2D eigenvalue weighted by Crippen LogP contribution is 2.73. The van der Waals surface area contributed by atoms with Crippen LogP contribution in [0.2, 0.25) is 0 Å². The Morgan fingerprint density at radius 1 is 1.09 bits per heavy atom. The van der Waals surface area contributed by atoms with E-state index in [4.69, 9.17) is 5.11 Å². The fourth-order valence-electron chi connectivity index (χ4n) is 9.52. The average Bonchev–Trinajstić information content (AvgIpc) is 3.02. The lowest BCUT2D eigenvalue weighted by atomic mass is 9.41. The summed E-state index contributed by atoms with van der Waals surface area (Å²) in [5, 5.41) is 20.0. The molecule has 0 aliphatic heterocycles. The molecule has 0 aromatic rings. The smallest absolute Gasteiger partial charge is 0.330 e. The first kappa shape index (κ1) is 25.0. The van der Waals surface area contributed by atoms with Gasteiger partial charge < -0.3 is 10.2 Å². The summed E-state index contributed by atoms with van der Waals surface area (Å²) in [4.78, 5) is 11.1. The van der Waals surface area contributed by atoms with Crippen molar-refractivity contribution < 1.29 is 15.0 Å². The number of fused-ring (bicyclic) bond motifs is 5. The lowest BCUT2D eigenvalue weighted by Gasteiger charge is -2.64. The molecule has 0 amide bonds. The number of carboxylic acids is 1. The first-order valence-corrected chi connectivity index (χ1v) is 13.6. The Labute approximate surface area is 202 Å². The number of aliphatic carboxylic acids is 1. The molecular formula is C30H48O3. The largest absolute Gasteiger partial charge is 0.478 e. The van der Waals surface area contributed by atoms with Gasteiger partial charge in [0.15, 0.2) is 0 Å². The van der Waals surface area contributed by atoms with Crippen LogP contribution in [0.4, 0.5) is 0 Å². The summed E-state index contributed by atoms with van der Waals surface area (Å²) in [7, 11) is 0. The van der Waals surface area contributed by atoms with Gasteiger partial charge in [0, 0.05) is 5.57 Å². The number of carbonyl (C=O) groups is 1. The minimum atomic E-state index is -0.796. The fraction of sp³-hybridized carbons (Fsp3) is 0.833. The molecule has 0 bridgehead atoms. The Bertz CT molecular complexity index is 853. The van der Waals surface area contributed by atoms with Crippen molar-refractivity contribution in [2.45, 2.75) is 112 Å². The van der Waals surface area contributed by atoms with Crippen molar-refractivity contribution >= 4 is 5.97 Å². The third kappa shape index (κ3) is 3.58. The maximum absolute atomic E-state index is 11.1. The molecule has 4 rings (SSSR count). The van der Waals surface area contributed by atoms with Crippen LogP contribution in [0, 0.1) is 45.3 Å². The van der Waals surface area contributed by atoms with Gasteiger partial charge in [-0.15, -0.1) is 0 Å². The quantitative estimate of drug-likeness (QED) is 0.335. The molecule has 3 nitrogen and oxygen atoms in total. The number of aliphatic hydroxyl groups is 1. The molecule has 0 spiro atoms. The first-order chi connectivity index (χ1) is 15.3. The van der Waals surface area contributed by atoms with Crippen LogP contribution in [0.15, 0.2) is 23.3 Å². The Hall–Kier alpha value is -1.09. The molecular weight excluding hydrogens is 408 g/mol. The molecule has 3 fully saturated rings. The molecule has 0 saturated heterocycles. The van der Waals surface area contributed by atoms with E-state index in [1.54, 1.807) is 12.5 Å². The Balaban J connectivity index is 1.59. The van der Waals surface area contributed by atoms with E-state index in [1.807, 2.05) is 6.08 Å². The Kier molecular flexibility index (Phi) is 6.25. The molecule has 3 saturated carbocycles. The first-order valence-electron chi connectivity index (χ1n) is 13.6. The van der Waals surface area contributed by atoms with Crippen LogP contribution in [0.1, 0.15) is 106 Å². The van der Waals surface area contributed by atoms with Gasteiger partial charge in [-0.1, -0.05) is 59.3 Å². The third-order valence-corrected chi connectivity index (χ3v) is 12.0. The summed E-state index contributed by atoms with van der Waals surface area (Å²) in [5.41, 5.74) is 3.11. The van der Waals surface area contributed by atoms with Crippen LogP contribution < -0.4 is 0 Å². The van der Waals surface area contributed by atoms with Crippen LogP contribution in [0.3, 0.4) is 0 Å². The van der Waals surface area contributed by atoms with E-state index < -0.39 is 5.97 Å². The van der Waals surface area contributed by atoms with E-state index in [0.717, 1.165) is 25.7 Å². The van der Waals surface area contributed by atoms with Crippen molar-refractivity contribution in [3.8, 4) is 0 Å². The van der Waals surface area contributed by atoms with Crippen LogP contribution in [-0.2, 0) is 4.79 Å². The zero-order chi connectivity index (χ0) is 24.4. The molecule has 2 N–H and O–H groups in total. The summed E-state index contributed by atoms with van der Waals surface area (Å²) >= 11 is 0. The van der Waals surface area contributed by atoms with Gasteiger partial charge in [0.25, 0.3) is 0 Å². The molecule has 8 atom stereocenters. The number of aliphatic hydroxyl groups excluding tert-OH is 1.